The van der Waals surface area contributed by atoms with E-state index in [0.717, 1.165) is 14.4 Å². The maximum absolute atomic E-state index is 12.1. The van der Waals surface area contributed by atoms with Crippen molar-refractivity contribution in [3.05, 3.63) is 44.8 Å². The predicted octanol–water partition coefficient (Wildman–Crippen LogP) is 3.58. The lowest BCUT2D eigenvalue weighted by Crippen LogP contribution is -2.24. The van der Waals surface area contributed by atoms with E-state index < -0.39 is 0 Å². The lowest BCUT2D eigenvalue weighted by atomic mass is 10.3. The molecule has 1 saturated carbocycles. The highest BCUT2D eigenvalue weighted by molar-refractivity contribution is 9.11. The SMILES string of the molecule is O=C(NCc1ccc(Br)s1)c1cccn1C1CC1. The highest BCUT2D eigenvalue weighted by Gasteiger charge is 2.26. The molecule has 0 bridgehead atoms. The van der Waals surface area contributed by atoms with E-state index in [1.54, 1.807) is 11.3 Å². The normalized spacial score (nSPS) is 14.7. The molecule has 5 heteroatoms. The lowest BCUT2D eigenvalue weighted by molar-refractivity contribution is 0.0942. The standard InChI is InChI=1S/C13H13BrN2OS/c14-12-6-5-10(18-12)8-15-13(17)11-2-1-7-16(11)9-3-4-9/h1-2,5-7,9H,3-4,8H2,(H,15,17). The highest BCUT2D eigenvalue weighted by Crippen LogP contribution is 2.36. The molecule has 0 aliphatic heterocycles. The predicted molar refractivity (Wildman–Crippen MR) is 75.9 cm³/mol. The summed E-state index contributed by atoms with van der Waals surface area (Å²) in [5.74, 6) is 0.0106. The molecule has 1 fully saturated rings. The Hall–Kier alpha value is -1.07. The van der Waals surface area contributed by atoms with Crippen LogP contribution < -0.4 is 5.32 Å². The fourth-order valence-corrected chi connectivity index (χ4v) is 3.38. The van der Waals surface area contributed by atoms with Gasteiger partial charge in [-0.3, -0.25) is 4.79 Å². The third-order valence-corrected chi connectivity index (χ3v) is 4.63. The zero-order chi connectivity index (χ0) is 12.5. The molecule has 0 saturated heterocycles. The van der Waals surface area contributed by atoms with Crippen LogP contribution in [0.1, 0.15) is 34.2 Å². The van der Waals surface area contributed by atoms with E-state index in [-0.39, 0.29) is 5.91 Å². The van der Waals surface area contributed by atoms with Crippen LogP contribution in [0.2, 0.25) is 0 Å². The minimum Gasteiger partial charge on any atom is -0.346 e. The quantitative estimate of drug-likeness (QED) is 0.916. The Labute approximate surface area is 118 Å². The molecule has 1 amide bonds. The number of halogens is 1. The second-order valence-corrected chi connectivity index (χ2v) is 6.97. The van der Waals surface area contributed by atoms with Gasteiger partial charge in [-0.2, -0.15) is 0 Å². The minimum absolute atomic E-state index is 0.0106. The van der Waals surface area contributed by atoms with Gasteiger partial charge in [0.25, 0.3) is 5.91 Å². The molecule has 0 atom stereocenters. The molecule has 2 aromatic rings. The van der Waals surface area contributed by atoms with Crippen molar-refractivity contribution < 1.29 is 4.79 Å². The van der Waals surface area contributed by atoms with Crippen molar-refractivity contribution in [3.8, 4) is 0 Å². The lowest BCUT2D eigenvalue weighted by Gasteiger charge is -2.07. The number of rotatable bonds is 4. The van der Waals surface area contributed by atoms with Crippen LogP contribution in [0.25, 0.3) is 0 Å². The molecule has 0 spiro atoms. The van der Waals surface area contributed by atoms with Gasteiger partial charge in [0.15, 0.2) is 0 Å². The largest absolute Gasteiger partial charge is 0.346 e. The second-order valence-electron chi connectivity index (χ2n) is 4.42. The first-order chi connectivity index (χ1) is 8.74. The molecule has 94 valence electrons. The summed E-state index contributed by atoms with van der Waals surface area (Å²) in [5, 5.41) is 2.97. The van der Waals surface area contributed by atoms with Crippen LogP contribution in [0.15, 0.2) is 34.2 Å². The first-order valence-corrected chi connectivity index (χ1v) is 7.54. The number of nitrogens with zero attached hydrogens (tertiary/aromatic N) is 1. The zero-order valence-electron chi connectivity index (χ0n) is 9.73. The highest BCUT2D eigenvalue weighted by atomic mass is 79.9. The Morgan fingerprint density at radius 2 is 2.28 bits per heavy atom. The second kappa shape index (κ2) is 4.90. The Balaban J connectivity index is 1.65. The molecule has 1 aliphatic rings. The van der Waals surface area contributed by atoms with Gasteiger partial charge >= 0.3 is 0 Å². The van der Waals surface area contributed by atoms with E-state index in [1.807, 2.05) is 30.5 Å². The summed E-state index contributed by atoms with van der Waals surface area (Å²) in [4.78, 5) is 13.3. The molecule has 2 heterocycles. The molecule has 3 rings (SSSR count). The Morgan fingerprint density at radius 1 is 1.44 bits per heavy atom. The number of hydrogen-bond donors (Lipinski definition) is 1. The van der Waals surface area contributed by atoms with E-state index >= 15 is 0 Å². The van der Waals surface area contributed by atoms with E-state index in [0.29, 0.717) is 12.6 Å². The monoisotopic (exact) mass is 324 g/mol. The summed E-state index contributed by atoms with van der Waals surface area (Å²) in [6.07, 6.45) is 4.37. The van der Waals surface area contributed by atoms with E-state index in [9.17, 15) is 4.79 Å². The molecule has 1 N–H and O–H groups in total. The van der Waals surface area contributed by atoms with E-state index in [2.05, 4.69) is 25.8 Å². The molecule has 2 aromatic heterocycles. The Morgan fingerprint density at radius 3 is 2.94 bits per heavy atom. The number of thiophene rings is 1. The van der Waals surface area contributed by atoms with Crippen molar-refractivity contribution >= 4 is 33.2 Å². The van der Waals surface area contributed by atoms with Crippen molar-refractivity contribution in [1.82, 2.24) is 9.88 Å². The van der Waals surface area contributed by atoms with Crippen molar-refractivity contribution in [2.75, 3.05) is 0 Å². The maximum atomic E-state index is 12.1. The van der Waals surface area contributed by atoms with Gasteiger partial charge in [0.05, 0.1) is 10.3 Å². The smallest absolute Gasteiger partial charge is 0.268 e. The Kier molecular flexibility index (Phi) is 3.26. The van der Waals surface area contributed by atoms with Gasteiger partial charge in [-0.15, -0.1) is 11.3 Å². The summed E-state index contributed by atoms with van der Waals surface area (Å²) >= 11 is 5.06. The van der Waals surface area contributed by atoms with Crippen LogP contribution in [0.5, 0.6) is 0 Å². The minimum atomic E-state index is 0.0106. The molecule has 3 nitrogen and oxygen atoms in total. The molecule has 1 aliphatic carbocycles. The topological polar surface area (TPSA) is 34.0 Å². The van der Waals surface area contributed by atoms with Crippen LogP contribution in [0.4, 0.5) is 0 Å². The fraction of sp³-hybridized carbons (Fsp3) is 0.308. The number of hydrogen-bond acceptors (Lipinski definition) is 2. The number of amides is 1. The number of carbonyl (C=O) groups is 1. The number of aromatic nitrogens is 1. The van der Waals surface area contributed by atoms with Gasteiger partial charge < -0.3 is 9.88 Å². The Bertz CT molecular complexity index is 571. The third-order valence-electron chi connectivity index (χ3n) is 3.00. The molecular weight excluding hydrogens is 312 g/mol. The van der Waals surface area contributed by atoms with Crippen molar-refractivity contribution in [1.29, 1.82) is 0 Å². The van der Waals surface area contributed by atoms with Crippen LogP contribution in [-0.4, -0.2) is 10.5 Å². The van der Waals surface area contributed by atoms with E-state index in [1.165, 1.54) is 12.8 Å². The summed E-state index contributed by atoms with van der Waals surface area (Å²) in [6, 6.07) is 8.39. The van der Waals surface area contributed by atoms with Gasteiger partial charge in [0, 0.05) is 17.1 Å². The fourth-order valence-electron chi connectivity index (χ4n) is 1.96. The summed E-state index contributed by atoms with van der Waals surface area (Å²) in [7, 11) is 0. The van der Waals surface area contributed by atoms with E-state index in [4.69, 9.17) is 0 Å². The van der Waals surface area contributed by atoms with Gasteiger partial charge in [0.2, 0.25) is 0 Å². The average molecular weight is 325 g/mol. The number of carbonyl (C=O) groups excluding carboxylic acids is 1. The summed E-state index contributed by atoms with van der Waals surface area (Å²) in [5.41, 5.74) is 0.771. The van der Waals surface area contributed by atoms with Gasteiger partial charge in [-0.05, 0) is 53.0 Å². The molecule has 0 radical (unpaired) electrons. The molecule has 0 unspecified atom stereocenters. The zero-order valence-corrected chi connectivity index (χ0v) is 12.1. The first kappa shape index (κ1) is 12.0. The third kappa shape index (κ3) is 2.52. The molecular formula is C13H13BrN2OS. The first-order valence-electron chi connectivity index (χ1n) is 5.93. The molecule has 18 heavy (non-hydrogen) atoms. The summed E-state index contributed by atoms with van der Waals surface area (Å²) < 4.78 is 3.17. The van der Waals surface area contributed by atoms with Crippen LogP contribution in [-0.2, 0) is 6.54 Å². The number of nitrogens with one attached hydrogen (secondary N) is 1. The van der Waals surface area contributed by atoms with Gasteiger partial charge in [0.1, 0.15) is 5.69 Å². The van der Waals surface area contributed by atoms with Gasteiger partial charge in [-0.25, -0.2) is 0 Å². The maximum Gasteiger partial charge on any atom is 0.268 e. The van der Waals surface area contributed by atoms with Crippen molar-refractivity contribution in [3.63, 3.8) is 0 Å². The van der Waals surface area contributed by atoms with Crippen LogP contribution >= 0.6 is 27.3 Å². The summed E-state index contributed by atoms with van der Waals surface area (Å²) in [6.45, 7) is 0.588. The van der Waals surface area contributed by atoms with Crippen molar-refractivity contribution in [2.24, 2.45) is 0 Å². The van der Waals surface area contributed by atoms with Gasteiger partial charge in [-0.1, -0.05) is 0 Å². The average Bonchev–Trinajstić information content (AvgIpc) is 2.94. The van der Waals surface area contributed by atoms with Crippen LogP contribution in [0.3, 0.4) is 0 Å². The van der Waals surface area contributed by atoms with Crippen molar-refractivity contribution in [2.45, 2.75) is 25.4 Å². The molecule has 0 aromatic carbocycles. The van der Waals surface area contributed by atoms with Crippen LogP contribution in [0, 0.1) is 0 Å².